The van der Waals surface area contributed by atoms with Crippen LogP contribution in [0.15, 0.2) is 28.7 Å². The average molecular weight is 268 g/mol. The van der Waals surface area contributed by atoms with Crippen LogP contribution in [-0.4, -0.2) is 27.3 Å². The molecule has 1 N–H and O–H groups in total. The number of hydrogen-bond acceptors (Lipinski definition) is 4. The molecule has 0 aliphatic rings. The van der Waals surface area contributed by atoms with Crippen LogP contribution in [0.25, 0.3) is 5.69 Å². The smallest absolute Gasteiger partial charge is 0.170 e. The molecule has 78 valence electrons. The maximum absolute atomic E-state index is 3.95. The summed E-state index contributed by atoms with van der Waals surface area (Å²) < 4.78 is 2.68. The largest absolute Gasteiger partial charge is 0.313 e. The van der Waals surface area contributed by atoms with Crippen molar-refractivity contribution in [3.8, 4) is 5.69 Å². The Morgan fingerprint density at radius 2 is 2.20 bits per heavy atom. The van der Waals surface area contributed by atoms with E-state index in [-0.39, 0.29) is 0 Å². The van der Waals surface area contributed by atoms with Crippen molar-refractivity contribution < 1.29 is 0 Å². The minimum Gasteiger partial charge on any atom is -0.313 e. The van der Waals surface area contributed by atoms with E-state index < -0.39 is 0 Å². The van der Waals surface area contributed by atoms with Gasteiger partial charge in [-0.3, -0.25) is 0 Å². The highest BCUT2D eigenvalue weighted by atomic mass is 79.9. The molecule has 1 aromatic carbocycles. The summed E-state index contributed by atoms with van der Waals surface area (Å²) in [5.74, 6) is 0.782. The minimum atomic E-state index is 0.633. The summed E-state index contributed by atoms with van der Waals surface area (Å²) in [5, 5.41) is 14.6. The third-order valence-corrected chi connectivity index (χ3v) is 2.62. The van der Waals surface area contributed by atoms with Crippen molar-refractivity contribution in [1.82, 2.24) is 25.5 Å². The molecular formula is C9H10BrN5. The number of hydrogen-bond donors (Lipinski definition) is 1. The van der Waals surface area contributed by atoms with E-state index >= 15 is 0 Å². The molecule has 1 heterocycles. The molecule has 0 bridgehead atoms. The lowest BCUT2D eigenvalue weighted by Crippen LogP contribution is -2.12. The number of rotatable bonds is 3. The maximum Gasteiger partial charge on any atom is 0.170 e. The summed E-state index contributed by atoms with van der Waals surface area (Å²) in [5.41, 5.74) is 0.938. The monoisotopic (exact) mass is 267 g/mol. The van der Waals surface area contributed by atoms with Crippen LogP contribution in [0.1, 0.15) is 5.82 Å². The van der Waals surface area contributed by atoms with Crippen LogP contribution in [0.3, 0.4) is 0 Å². The summed E-state index contributed by atoms with van der Waals surface area (Å²) in [4.78, 5) is 0. The Labute approximate surface area is 95.6 Å². The molecule has 5 nitrogen and oxygen atoms in total. The molecule has 15 heavy (non-hydrogen) atoms. The van der Waals surface area contributed by atoms with Crippen molar-refractivity contribution >= 4 is 15.9 Å². The fraction of sp³-hybridized carbons (Fsp3) is 0.222. The summed E-state index contributed by atoms with van der Waals surface area (Å²) >= 11 is 3.47. The number of aromatic nitrogens is 4. The molecule has 0 unspecified atom stereocenters. The van der Waals surface area contributed by atoms with Crippen LogP contribution < -0.4 is 5.32 Å². The molecule has 0 amide bonds. The van der Waals surface area contributed by atoms with Gasteiger partial charge in [0, 0.05) is 4.47 Å². The second-order valence-corrected chi connectivity index (χ2v) is 3.84. The van der Waals surface area contributed by atoms with Crippen molar-refractivity contribution in [3.05, 3.63) is 34.6 Å². The van der Waals surface area contributed by atoms with Gasteiger partial charge in [-0.15, -0.1) is 5.10 Å². The molecule has 0 radical (unpaired) electrons. The third-order valence-electron chi connectivity index (χ3n) is 1.95. The van der Waals surface area contributed by atoms with Gasteiger partial charge in [-0.2, -0.15) is 4.68 Å². The van der Waals surface area contributed by atoms with Gasteiger partial charge in [-0.05, 0) is 45.5 Å². The quantitative estimate of drug-likeness (QED) is 0.907. The highest BCUT2D eigenvalue weighted by molar-refractivity contribution is 9.10. The summed E-state index contributed by atoms with van der Waals surface area (Å²) in [7, 11) is 1.86. The van der Waals surface area contributed by atoms with E-state index in [1.54, 1.807) is 4.68 Å². The fourth-order valence-corrected chi connectivity index (χ4v) is 1.74. The Kier molecular flexibility index (Phi) is 3.08. The Hall–Kier alpha value is -1.27. The molecule has 0 aliphatic carbocycles. The molecule has 0 spiro atoms. The van der Waals surface area contributed by atoms with Crippen LogP contribution in [-0.2, 0) is 6.54 Å². The predicted octanol–water partition coefficient (Wildman–Crippen LogP) is 1.14. The van der Waals surface area contributed by atoms with E-state index in [1.165, 1.54) is 0 Å². The van der Waals surface area contributed by atoms with Crippen LogP contribution in [0.4, 0.5) is 0 Å². The van der Waals surface area contributed by atoms with E-state index in [4.69, 9.17) is 0 Å². The van der Waals surface area contributed by atoms with Crippen LogP contribution in [0.5, 0.6) is 0 Å². The first-order valence-corrected chi connectivity index (χ1v) is 5.29. The summed E-state index contributed by atoms with van der Waals surface area (Å²) in [6.07, 6.45) is 0. The lowest BCUT2D eigenvalue weighted by molar-refractivity contribution is 0.707. The molecule has 0 atom stereocenters. The lowest BCUT2D eigenvalue weighted by Gasteiger charge is -2.05. The average Bonchev–Trinajstić information content (AvgIpc) is 2.67. The van der Waals surface area contributed by atoms with Gasteiger partial charge in [-0.25, -0.2) is 0 Å². The number of para-hydroxylation sites is 1. The van der Waals surface area contributed by atoms with Gasteiger partial charge in [0.25, 0.3) is 0 Å². The molecule has 0 saturated heterocycles. The SMILES string of the molecule is CNCc1nnnn1-c1ccccc1Br. The van der Waals surface area contributed by atoms with E-state index in [0.717, 1.165) is 16.0 Å². The van der Waals surface area contributed by atoms with E-state index in [0.29, 0.717) is 6.54 Å². The second-order valence-electron chi connectivity index (χ2n) is 2.99. The fourth-order valence-electron chi connectivity index (χ4n) is 1.28. The summed E-state index contributed by atoms with van der Waals surface area (Å²) in [6, 6.07) is 7.82. The van der Waals surface area contributed by atoms with Gasteiger partial charge in [0.1, 0.15) is 0 Å². The Balaban J connectivity index is 2.45. The normalized spacial score (nSPS) is 10.5. The lowest BCUT2D eigenvalue weighted by atomic mass is 10.3. The van der Waals surface area contributed by atoms with Crippen LogP contribution in [0.2, 0.25) is 0 Å². The minimum absolute atomic E-state index is 0.633. The van der Waals surface area contributed by atoms with Crippen molar-refractivity contribution in [3.63, 3.8) is 0 Å². The molecule has 0 aliphatic heterocycles. The number of tetrazole rings is 1. The van der Waals surface area contributed by atoms with Crippen LogP contribution in [0, 0.1) is 0 Å². The first-order valence-electron chi connectivity index (χ1n) is 4.49. The zero-order valence-corrected chi connectivity index (χ0v) is 9.77. The Morgan fingerprint density at radius 1 is 1.40 bits per heavy atom. The Morgan fingerprint density at radius 3 is 2.93 bits per heavy atom. The van der Waals surface area contributed by atoms with Gasteiger partial charge in [0.2, 0.25) is 0 Å². The topological polar surface area (TPSA) is 55.6 Å². The van der Waals surface area contributed by atoms with Crippen molar-refractivity contribution in [2.45, 2.75) is 6.54 Å². The van der Waals surface area contributed by atoms with E-state index in [2.05, 4.69) is 36.8 Å². The predicted molar refractivity (Wildman–Crippen MR) is 59.6 cm³/mol. The highest BCUT2D eigenvalue weighted by Gasteiger charge is 2.09. The van der Waals surface area contributed by atoms with Gasteiger partial charge >= 0.3 is 0 Å². The molecule has 6 heteroatoms. The van der Waals surface area contributed by atoms with E-state index in [1.807, 2.05) is 31.3 Å². The number of nitrogens with one attached hydrogen (secondary N) is 1. The molecule has 2 rings (SSSR count). The Bertz CT molecular complexity index is 453. The molecule has 0 saturated carbocycles. The van der Waals surface area contributed by atoms with Crippen molar-refractivity contribution in [1.29, 1.82) is 0 Å². The van der Waals surface area contributed by atoms with Crippen LogP contribution >= 0.6 is 15.9 Å². The van der Waals surface area contributed by atoms with Gasteiger partial charge < -0.3 is 5.32 Å². The number of halogens is 1. The molecule has 2 aromatic rings. The third kappa shape index (κ3) is 2.05. The van der Waals surface area contributed by atoms with E-state index in [9.17, 15) is 0 Å². The standard InChI is InChI=1S/C9H10BrN5/c1-11-6-9-12-13-14-15(9)8-5-3-2-4-7(8)10/h2-5,11H,6H2,1H3. The zero-order chi connectivity index (χ0) is 10.7. The van der Waals surface area contributed by atoms with Gasteiger partial charge in [0.15, 0.2) is 5.82 Å². The highest BCUT2D eigenvalue weighted by Crippen LogP contribution is 2.19. The number of nitrogens with zero attached hydrogens (tertiary/aromatic N) is 4. The molecule has 0 fully saturated rings. The molecular weight excluding hydrogens is 258 g/mol. The van der Waals surface area contributed by atoms with Crippen molar-refractivity contribution in [2.24, 2.45) is 0 Å². The number of benzene rings is 1. The zero-order valence-electron chi connectivity index (χ0n) is 8.18. The first-order chi connectivity index (χ1) is 7.33. The maximum atomic E-state index is 3.95. The second kappa shape index (κ2) is 4.50. The first kappa shape index (κ1) is 10.3. The van der Waals surface area contributed by atoms with Gasteiger partial charge in [-0.1, -0.05) is 12.1 Å². The summed E-state index contributed by atoms with van der Waals surface area (Å²) in [6.45, 7) is 0.633. The van der Waals surface area contributed by atoms with Gasteiger partial charge in [0.05, 0.1) is 12.2 Å². The molecule has 1 aromatic heterocycles. The van der Waals surface area contributed by atoms with Crippen molar-refractivity contribution in [2.75, 3.05) is 7.05 Å².